The van der Waals surface area contributed by atoms with Crippen LogP contribution in [0.3, 0.4) is 0 Å². The van der Waals surface area contributed by atoms with E-state index in [9.17, 15) is 4.79 Å². The van der Waals surface area contributed by atoms with Crippen LogP contribution in [0.15, 0.2) is 83.6 Å². The summed E-state index contributed by atoms with van der Waals surface area (Å²) in [7, 11) is 0. The maximum atomic E-state index is 11.5. The maximum absolute atomic E-state index is 11.5. The third kappa shape index (κ3) is 22.4. The van der Waals surface area contributed by atoms with Gasteiger partial charge in [-0.3, -0.25) is 4.79 Å². The van der Waals surface area contributed by atoms with E-state index in [0.717, 1.165) is 24.0 Å². The highest BCUT2D eigenvalue weighted by molar-refractivity contribution is 5.94. The van der Waals surface area contributed by atoms with E-state index >= 15 is 0 Å². The lowest BCUT2D eigenvalue weighted by Crippen LogP contribution is -1.98. The zero-order valence-corrected chi connectivity index (χ0v) is 22.8. The van der Waals surface area contributed by atoms with Gasteiger partial charge < -0.3 is 0 Å². The number of rotatable bonds is 7. The van der Waals surface area contributed by atoms with Crippen molar-refractivity contribution in [2.24, 2.45) is 5.92 Å². The van der Waals surface area contributed by atoms with E-state index < -0.39 is 0 Å². The molecule has 0 heterocycles. The van der Waals surface area contributed by atoms with Crippen molar-refractivity contribution in [3.05, 3.63) is 83.6 Å². The van der Waals surface area contributed by atoms with Gasteiger partial charge in [-0.2, -0.15) is 0 Å². The second-order valence-corrected chi connectivity index (χ2v) is 7.94. The minimum absolute atomic E-state index is 0.235. The molecule has 1 fully saturated rings. The van der Waals surface area contributed by atoms with E-state index in [0.29, 0.717) is 5.92 Å². The molecule has 1 nitrogen and oxygen atoms in total. The summed E-state index contributed by atoms with van der Waals surface area (Å²) in [6, 6.07) is 0. The van der Waals surface area contributed by atoms with Crippen molar-refractivity contribution in [1.82, 2.24) is 0 Å². The van der Waals surface area contributed by atoms with Crippen LogP contribution in [0.5, 0.6) is 0 Å². The first-order valence-electron chi connectivity index (χ1n) is 12.2. The molecular formula is C32H50O. The summed E-state index contributed by atoms with van der Waals surface area (Å²) in [6.45, 7) is 23.1. The average molecular weight is 451 g/mol. The Morgan fingerprint density at radius 2 is 1.61 bits per heavy atom. The van der Waals surface area contributed by atoms with Crippen LogP contribution in [-0.4, -0.2) is 5.78 Å². The number of carbonyl (C=O) groups is 1. The predicted octanol–water partition coefficient (Wildman–Crippen LogP) is 9.91. The highest BCUT2D eigenvalue weighted by Crippen LogP contribution is 2.37. The summed E-state index contributed by atoms with van der Waals surface area (Å²) in [5.74, 6) is 0.777. The van der Waals surface area contributed by atoms with Gasteiger partial charge in [0.25, 0.3) is 0 Å². The van der Waals surface area contributed by atoms with Crippen molar-refractivity contribution in [2.75, 3.05) is 0 Å². The van der Waals surface area contributed by atoms with Crippen LogP contribution >= 0.6 is 0 Å². The smallest absolute Gasteiger partial charge is 0.156 e. The molecule has 0 aromatic rings. The van der Waals surface area contributed by atoms with Crippen molar-refractivity contribution in [1.29, 1.82) is 0 Å². The number of allylic oxidation sites excluding steroid dienone is 12. The zero-order chi connectivity index (χ0) is 26.2. The summed E-state index contributed by atoms with van der Waals surface area (Å²) < 4.78 is 0. The first-order valence-corrected chi connectivity index (χ1v) is 12.2. The first kappa shape index (κ1) is 35.0. The fraction of sp³-hybridized carbons (Fsp3) is 0.469. The Morgan fingerprint density at radius 3 is 1.91 bits per heavy atom. The molecular weight excluding hydrogens is 400 g/mol. The predicted molar refractivity (Wildman–Crippen MR) is 152 cm³/mol. The topological polar surface area (TPSA) is 17.1 Å². The van der Waals surface area contributed by atoms with Crippen molar-refractivity contribution >= 4 is 5.78 Å². The van der Waals surface area contributed by atoms with E-state index in [4.69, 9.17) is 0 Å². The first-order chi connectivity index (χ1) is 15.7. The molecule has 2 rings (SSSR count). The molecule has 0 aromatic heterocycles. The summed E-state index contributed by atoms with van der Waals surface area (Å²) >= 11 is 0. The Bertz CT molecular complexity index is 728. The molecule has 184 valence electrons. The molecule has 33 heavy (non-hydrogen) atoms. The van der Waals surface area contributed by atoms with Gasteiger partial charge in [-0.05, 0) is 90.2 Å². The van der Waals surface area contributed by atoms with Gasteiger partial charge in [0.2, 0.25) is 0 Å². The molecule has 0 aromatic carbocycles. The normalized spacial score (nSPS) is 14.8. The maximum Gasteiger partial charge on any atom is 0.156 e. The SMILES string of the molecule is C#C.C/C=C(\C)CC.C=CC(=C)C.CC.CC(=O)/C(=C/C=C(\C)CC1=CCCC=C1)C1CC1. The summed E-state index contributed by atoms with van der Waals surface area (Å²) in [6.07, 6.45) is 29.7. The van der Waals surface area contributed by atoms with Crippen LogP contribution in [0, 0.1) is 18.8 Å². The number of terminal acetylenes is 1. The van der Waals surface area contributed by atoms with Crippen LogP contribution < -0.4 is 0 Å². The standard InChI is InChI=1S/C17H22O.C6H12.C5H8.C2H6.C2H2/c1-13(12-15-6-4-3-5-7-15)8-11-17(14(2)18)16-9-10-16;1-4-6(3)5-2;1-4-5(2)3;2*1-2/h4,6-8,11,16H,3,5,9-10,12H2,1-2H3;4H,5H2,1-3H3;4H,1-2H2,3H3;1-2H3;1-2H/b13-8+,17-11-;6-4+;;;. The number of hydrogen-bond donors (Lipinski definition) is 0. The molecule has 0 bridgehead atoms. The zero-order valence-electron chi connectivity index (χ0n) is 22.8. The Labute approximate surface area is 206 Å². The van der Waals surface area contributed by atoms with Crippen molar-refractivity contribution in [2.45, 2.75) is 93.9 Å². The molecule has 1 heteroatoms. The lowest BCUT2D eigenvalue weighted by molar-refractivity contribution is -0.113. The van der Waals surface area contributed by atoms with E-state index in [1.54, 1.807) is 13.0 Å². The molecule has 0 unspecified atom stereocenters. The van der Waals surface area contributed by atoms with Gasteiger partial charge in [0, 0.05) is 0 Å². The Morgan fingerprint density at radius 1 is 1.06 bits per heavy atom. The van der Waals surface area contributed by atoms with Crippen molar-refractivity contribution < 1.29 is 4.79 Å². The Balaban J connectivity index is -0.000000498. The van der Waals surface area contributed by atoms with Crippen LogP contribution in [0.2, 0.25) is 0 Å². The van der Waals surface area contributed by atoms with Crippen LogP contribution in [0.4, 0.5) is 0 Å². The second kappa shape index (κ2) is 24.1. The van der Waals surface area contributed by atoms with Gasteiger partial charge in [-0.15, -0.1) is 12.8 Å². The van der Waals surface area contributed by atoms with E-state index in [-0.39, 0.29) is 5.78 Å². The number of ketones is 1. The Kier molecular flexibility index (Phi) is 25.5. The molecule has 0 radical (unpaired) electrons. The third-order valence-electron chi connectivity index (χ3n) is 4.92. The highest BCUT2D eigenvalue weighted by Gasteiger charge is 2.27. The lowest BCUT2D eigenvalue weighted by Gasteiger charge is -2.07. The van der Waals surface area contributed by atoms with Crippen molar-refractivity contribution in [3.63, 3.8) is 0 Å². The third-order valence-corrected chi connectivity index (χ3v) is 4.92. The molecule has 0 N–H and O–H groups in total. The van der Waals surface area contributed by atoms with Crippen LogP contribution in [-0.2, 0) is 4.79 Å². The molecule has 2 aliphatic carbocycles. The average Bonchev–Trinajstić information content (AvgIpc) is 3.67. The fourth-order valence-electron chi connectivity index (χ4n) is 2.55. The second-order valence-electron chi connectivity index (χ2n) is 7.94. The number of carbonyl (C=O) groups excluding carboxylic acids is 1. The minimum atomic E-state index is 0.235. The molecule has 0 saturated heterocycles. The molecule has 2 aliphatic rings. The fourth-order valence-corrected chi connectivity index (χ4v) is 2.55. The molecule has 0 amide bonds. The molecule has 0 atom stereocenters. The number of hydrogen-bond acceptors (Lipinski definition) is 1. The van der Waals surface area contributed by atoms with Gasteiger partial charge in [0.05, 0.1) is 0 Å². The quantitative estimate of drug-likeness (QED) is 0.163. The highest BCUT2D eigenvalue weighted by atomic mass is 16.1. The minimum Gasteiger partial charge on any atom is -0.295 e. The van der Waals surface area contributed by atoms with Gasteiger partial charge in [-0.1, -0.05) is 93.2 Å². The monoisotopic (exact) mass is 450 g/mol. The summed E-state index contributed by atoms with van der Waals surface area (Å²) in [5, 5.41) is 0. The molecule has 1 saturated carbocycles. The van der Waals surface area contributed by atoms with Gasteiger partial charge >= 0.3 is 0 Å². The van der Waals surface area contributed by atoms with Gasteiger partial charge in [-0.25, -0.2) is 0 Å². The van der Waals surface area contributed by atoms with E-state index in [1.807, 2.05) is 26.8 Å². The van der Waals surface area contributed by atoms with Crippen LogP contribution in [0.1, 0.15) is 93.9 Å². The van der Waals surface area contributed by atoms with E-state index in [2.05, 4.69) is 84.1 Å². The summed E-state index contributed by atoms with van der Waals surface area (Å²) in [5.41, 5.74) is 6.23. The van der Waals surface area contributed by atoms with Gasteiger partial charge in [0.1, 0.15) is 0 Å². The van der Waals surface area contributed by atoms with Crippen molar-refractivity contribution in [3.8, 4) is 12.8 Å². The van der Waals surface area contributed by atoms with Crippen LogP contribution in [0.25, 0.3) is 0 Å². The molecule has 0 spiro atoms. The van der Waals surface area contributed by atoms with Gasteiger partial charge in [0.15, 0.2) is 5.78 Å². The Hall–Kier alpha value is -2.59. The largest absolute Gasteiger partial charge is 0.295 e. The van der Waals surface area contributed by atoms with E-state index in [1.165, 1.54) is 42.4 Å². The summed E-state index contributed by atoms with van der Waals surface area (Å²) in [4.78, 5) is 11.5. The lowest BCUT2D eigenvalue weighted by atomic mass is 9.99. The molecule has 0 aliphatic heterocycles. The number of Topliss-reactive ketones (excluding diaryl/α,β-unsaturated/α-hetero) is 1.